The van der Waals surface area contributed by atoms with E-state index in [2.05, 4.69) is 115 Å². The summed E-state index contributed by atoms with van der Waals surface area (Å²) in [5.41, 5.74) is 11.7. The number of rotatable bonds is 2. The lowest BCUT2D eigenvalue weighted by Gasteiger charge is -2.40. The number of ether oxygens (including phenoxy) is 1. The van der Waals surface area contributed by atoms with Gasteiger partial charge in [0.1, 0.15) is 11.5 Å². The quantitative estimate of drug-likeness (QED) is 0.233. The Balaban J connectivity index is 1.38. The van der Waals surface area contributed by atoms with E-state index in [-0.39, 0.29) is 0 Å². The van der Waals surface area contributed by atoms with Crippen molar-refractivity contribution in [2.45, 2.75) is 5.41 Å². The van der Waals surface area contributed by atoms with E-state index in [0.29, 0.717) is 5.56 Å². The average Bonchev–Trinajstić information content (AvgIpc) is 3.32. The van der Waals surface area contributed by atoms with Crippen LogP contribution in [-0.2, 0) is 5.41 Å². The fraction of sp³-hybridized carbons (Fsp3) is 0.0263. The molecule has 0 radical (unpaired) electrons. The lowest BCUT2D eigenvalue weighted by Crippen LogP contribution is -2.32. The zero-order valence-electron chi connectivity index (χ0n) is 21.6. The molecule has 1 spiro atoms. The van der Waals surface area contributed by atoms with E-state index < -0.39 is 5.41 Å². The lowest BCUT2D eigenvalue weighted by atomic mass is 9.65. The first kappa shape index (κ1) is 22.6. The van der Waals surface area contributed by atoms with Crippen LogP contribution in [0.5, 0.6) is 11.5 Å². The minimum atomic E-state index is -0.473. The number of fused-ring (bicyclic) bond motifs is 9. The number of benzene rings is 6. The third-order valence-corrected chi connectivity index (χ3v) is 8.43. The maximum Gasteiger partial charge on any atom is 0.140 e. The van der Waals surface area contributed by atoms with Crippen LogP contribution in [0.2, 0.25) is 0 Å². The van der Waals surface area contributed by atoms with E-state index in [9.17, 15) is 5.26 Å². The first-order valence-corrected chi connectivity index (χ1v) is 13.5. The summed E-state index contributed by atoms with van der Waals surface area (Å²) < 4.78 is 6.79. The lowest BCUT2D eigenvalue weighted by molar-refractivity contribution is 0.438. The zero-order valence-corrected chi connectivity index (χ0v) is 21.6. The average molecular weight is 510 g/mol. The van der Waals surface area contributed by atoms with Gasteiger partial charge < -0.3 is 4.74 Å². The SMILES string of the molecule is N#Cc1ccccc1-c1ccc(-c2cccc3c2Oc2ccccc2C32c3ccccc3-c3ccccc32)cc1. The first-order valence-electron chi connectivity index (χ1n) is 13.5. The summed E-state index contributed by atoms with van der Waals surface area (Å²) in [5.74, 6) is 1.77. The van der Waals surface area contributed by atoms with Crippen molar-refractivity contribution >= 4 is 0 Å². The van der Waals surface area contributed by atoms with Crippen LogP contribution in [0.3, 0.4) is 0 Å². The van der Waals surface area contributed by atoms with Crippen LogP contribution in [0.1, 0.15) is 27.8 Å². The second-order valence-electron chi connectivity index (χ2n) is 10.4. The molecule has 8 rings (SSSR count). The molecule has 40 heavy (non-hydrogen) atoms. The Kier molecular flexibility index (Phi) is 4.83. The van der Waals surface area contributed by atoms with Crippen molar-refractivity contribution < 1.29 is 4.74 Å². The van der Waals surface area contributed by atoms with Crippen LogP contribution >= 0.6 is 0 Å². The van der Waals surface area contributed by atoms with Gasteiger partial charge in [-0.3, -0.25) is 0 Å². The summed E-state index contributed by atoms with van der Waals surface area (Å²) in [7, 11) is 0. The van der Waals surface area contributed by atoms with Gasteiger partial charge in [0, 0.05) is 16.7 Å². The van der Waals surface area contributed by atoms with Crippen LogP contribution in [0.25, 0.3) is 33.4 Å². The molecule has 1 aliphatic heterocycles. The molecule has 0 bridgehead atoms. The largest absolute Gasteiger partial charge is 0.456 e. The Morgan fingerprint density at radius 3 is 1.62 bits per heavy atom. The molecule has 1 aliphatic carbocycles. The van der Waals surface area contributed by atoms with Crippen molar-refractivity contribution in [2.24, 2.45) is 0 Å². The number of para-hydroxylation sites is 2. The Hall–Kier alpha value is -5.39. The first-order chi connectivity index (χ1) is 19.8. The van der Waals surface area contributed by atoms with Crippen LogP contribution in [0.4, 0.5) is 0 Å². The van der Waals surface area contributed by atoms with Gasteiger partial charge in [0.25, 0.3) is 0 Å². The van der Waals surface area contributed by atoms with Crippen molar-refractivity contribution in [2.75, 3.05) is 0 Å². The van der Waals surface area contributed by atoms with Gasteiger partial charge in [-0.15, -0.1) is 0 Å². The third kappa shape index (κ3) is 2.98. The topological polar surface area (TPSA) is 33.0 Å². The predicted molar refractivity (Wildman–Crippen MR) is 159 cm³/mol. The monoisotopic (exact) mass is 509 g/mol. The maximum absolute atomic E-state index is 9.60. The maximum atomic E-state index is 9.60. The highest BCUT2D eigenvalue weighted by atomic mass is 16.5. The van der Waals surface area contributed by atoms with Gasteiger partial charge in [-0.05, 0) is 51.1 Å². The second kappa shape index (κ2) is 8.56. The zero-order chi connectivity index (χ0) is 26.7. The summed E-state index contributed by atoms with van der Waals surface area (Å²) in [4.78, 5) is 0. The molecule has 0 aromatic heterocycles. The van der Waals surface area contributed by atoms with E-state index in [1.54, 1.807) is 0 Å². The predicted octanol–water partition coefficient (Wildman–Crippen LogP) is 9.36. The fourth-order valence-electron chi connectivity index (χ4n) is 6.77. The van der Waals surface area contributed by atoms with E-state index in [4.69, 9.17) is 4.74 Å². The minimum absolute atomic E-state index is 0.473. The van der Waals surface area contributed by atoms with Gasteiger partial charge in [-0.2, -0.15) is 5.26 Å². The van der Waals surface area contributed by atoms with Crippen molar-refractivity contribution in [1.82, 2.24) is 0 Å². The van der Waals surface area contributed by atoms with E-state index >= 15 is 0 Å². The molecule has 186 valence electrons. The highest BCUT2D eigenvalue weighted by molar-refractivity contribution is 5.90. The summed E-state index contributed by atoms with van der Waals surface area (Å²) >= 11 is 0. The molecule has 0 atom stereocenters. The van der Waals surface area contributed by atoms with E-state index in [0.717, 1.165) is 39.3 Å². The standard InChI is InChI=1S/C38H23NO/c39-24-27-10-1-2-11-28(27)25-20-22-26(23-21-25)29-14-9-18-35-37(29)40-36-19-8-7-17-34(36)38(35)32-15-5-3-12-30(32)31-13-4-6-16-33(31)38/h1-23H. The molecular weight excluding hydrogens is 486 g/mol. The van der Waals surface area contributed by atoms with Crippen molar-refractivity contribution in [3.63, 3.8) is 0 Å². The van der Waals surface area contributed by atoms with Crippen LogP contribution in [0, 0.1) is 11.3 Å². The van der Waals surface area contributed by atoms with Crippen molar-refractivity contribution in [3.8, 4) is 50.9 Å². The number of hydrogen-bond acceptors (Lipinski definition) is 2. The molecule has 0 saturated carbocycles. The molecular formula is C38H23NO. The Labute approximate surface area is 233 Å². The molecule has 0 amide bonds. The molecule has 6 aromatic rings. The summed E-state index contributed by atoms with van der Waals surface area (Å²) in [6, 6.07) is 51.0. The minimum Gasteiger partial charge on any atom is -0.456 e. The van der Waals surface area contributed by atoms with Gasteiger partial charge in [-0.1, -0.05) is 127 Å². The van der Waals surface area contributed by atoms with Crippen LogP contribution in [-0.4, -0.2) is 0 Å². The van der Waals surface area contributed by atoms with Crippen LogP contribution in [0.15, 0.2) is 140 Å². The molecule has 0 N–H and O–H groups in total. The molecule has 2 aliphatic rings. The Morgan fingerprint density at radius 1 is 0.450 bits per heavy atom. The summed E-state index contributed by atoms with van der Waals surface area (Å²) in [6.07, 6.45) is 0. The van der Waals surface area contributed by atoms with Gasteiger partial charge in [0.05, 0.1) is 17.0 Å². The molecule has 0 saturated heterocycles. The Morgan fingerprint density at radius 2 is 0.950 bits per heavy atom. The van der Waals surface area contributed by atoms with Gasteiger partial charge in [-0.25, -0.2) is 0 Å². The molecule has 0 unspecified atom stereocenters. The second-order valence-corrected chi connectivity index (χ2v) is 10.4. The fourth-order valence-corrected chi connectivity index (χ4v) is 6.77. The molecule has 0 fully saturated rings. The highest BCUT2D eigenvalue weighted by Crippen LogP contribution is 2.63. The smallest absolute Gasteiger partial charge is 0.140 e. The van der Waals surface area contributed by atoms with Gasteiger partial charge >= 0.3 is 0 Å². The number of nitrogens with zero attached hydrogens (tertiary/aromatic N) is 1. The molecule has 1 heterocycles. The number of hydrogen-bond donors (Lipinski definition) is 0. The van der Waals surface area contributed by atoms with E-state index in [1.165, 1.54) is 27.8 Å². The number of nitriles is 1. The van der Waals surface area contributed by atoms with Crippen molar-refractivity contribution in [3.05, 3.63) is 167 Å². The van der Waals surface area contributed by atoms with Crippen molar-refractivity contribution in [1.29, 1.82) is 5.26 Å². The molecule has 6 aromatic carbocycles. The third-order valence-electron chi connectivity index (χ3n) is 8.43. The van der Waals surface area contributed by atoms with Crippen LogP contribution < -0.4 is 4.74 Å². The molecule has 2 heteroatoms. The van der Waals surface area contributed by atoms with Gasteiger partial charge in [0.15, 0.2) is 0 Å². The summed E-state index contributed by atoms with van der Waals surface area (Å²) in [5, 5.41) is 9.60. The van der Waals surface area contributed by atoms with E-state index in [1.807, 2.05) is 30.3 Å². The normalized spacial score (nSPS) is 13.4. The Bertz CT molecular complexity index is 1950. The highest BCUT2D eigenvalue weighted by Gasteiger charge is 2.51. The molecule has 2 nitrogen and oxygen atoms in total. The van der Waals surface area contributed by atoms with Gasteiger partial charge in [0.2, 0.25) is 0 Å². The summed E-state index contributed by atoms with van der Waals surface area (Å²) in [6.45, 7) is 0.